The highest BCUT2D eigenvalue weighted by molar-refractivity contribution is 6.04. The Labute approximate surface area is 156 Å². The lowest BCUT2D eigenvalue weighted by Gasteiger charge is -2.13. The van der Waals surface area contributed by atoms with Crippen LogP contribution in [0.4, 0.5) is 23.4 Å². The molecule has 0 aliphatic carbocycles. The average molecular weight is 394 g/mol. The molecule has 0 saturated heterocycles. The zero-order valence-corrected chi connectivity index (χ0v) is 14.5. The summed E-state index contributed by atoms with van der Waals surface area (Å²) in [7, 11) is 0. The standard InChI is InChI=1S/C18H14F4N4O2/c1-2-28-15-5-3-4-14(24-15)25-17(27)13-10-23-26(16(13)18(20,21)22)12-8-6-11(19)7-9-12/h3-10H,2H2,1H3,(H,24,25,27). The number of aromatic nitrogens is 3. The highest BCUT2D eigenvalue weighted by Gasteiger charge is 2.40. The predicted molar refractivity (Wildman–Crippen MR) is 91.9 cm³/mol. The number of nitrogens with one attached hydrogen (secondary N) is 1. The van der Waals surface area contributed by atoms with Gasteiger partial charge in [-0.15, -0.1) is 0 Å². The molecule has 0 fully saturated rings. The van der Waals surface area contributed by atoms with E-state index in [1.807, 2.05) is 0 Å². The molecule has 1 amide bonds. The van der Waals surface area contributed by atoms with Gasteiger partial charge >= 0.3 is 6.18 Å². The average Bonchev–Trinajstić information content (AvgIpc) is 3.09. The van der Waals surface area contributed by atoms with E-state index in [1.165, 1.54) is 6.07 Å². The minimum absolute atomic E-state index is 0.0265. The highest BCUT2D eigenvalue weighted by atomic mass is 19.4. The molecule has 3 aromatic rings. The minimum Gasteiger partial charge on any atom is -0.478 e. The summed E-state index contributed by atoms with van der Waals surface area (Å²) in [6.45, 7) is 2.08. The molecule has 2 heterocycles. The molecule has 6 nitrogen and oxygen atoms in total. The van der Waals surface area contributed by atoms with Crippen LogP contribution < -0.4 is 10.1 Å². The molecule has 1 aromatic carbocycles. The summed E-state index contributed by atoms with van der Waals surface area (Å²) in [6, 6.07) is 8.77. The number of rotatable bonds is 5. The SMILES string of the molecule is CCOc1cccc(NC(=O)c2cnn(-c3ccc(F)cc3)c2C(F)(F)F)n1. The van der Waals surface area contributed by atoms with Crippen LogP contribution in [0.2, 0.25) is 0 Å². The van der Waals surface area contributed by atoms with Crippen LogP contribution >= 0.6 is 0 Å². The normalized spacial score (nSPS) is 11.3. The van der Waals surface area contributed by atoms with Crippen LogP contribution in [-0.4, -0.2) is 27.3 Å². The van der Waals surface area contributed by atoms with Crippen molar-refractivity contribution in [3.63, 3.8) is 0 Å². The van der Waals surface area contributed by atoms with Crippen molar-refractivity contribution >= 4 is 11.7 Å². The molecule has 1 N–H and O–H groups in total. The van der Waals surface area contributed by atoms with Gasteiger partial charge in [0, 0.05) is 6.07 Å². The van der Waals surface area contributed by atoms with Crippen LogP contribution in [0.1, 0.15) is 23.0 Å². The largest absolute Gasteiger partial charge is 0.478 e. The van der Waals surface area contributed by atoms with Gasteiger partial charge in [0.1, 0.15) is 11.6 Å². The second kappa shape index (κ2) is 7.67. The maximum atomic E-state index is 13.6. The second-order valence-corrected chi connectivity index (χ2v) is 5.54. The summed E-state index contributed by atoms with van der Waals surface area (Å²) in [5, 5.41) is 5.96. The number of carbonyl (C=O) groups excluding carboxylic acids is 1. The van der Waals surface area contributed by atoms with Gasteiger partial charge in [0.05, 0.1) is 24.1 Å². The molecule has 0 aliphatic heterocycles. The lowest BCUT2D eigenvalue weighted by atomic mass is 10.2. The molecular weight excluding hydrogens is 380 g/mol. The van der Waals surface area contributed by atoms with Crippen molar-refractivity contribution in [1.29, 1.82) is 0 Å². The number of benzene rings is 1. The van der Waals surface area contributed by atoms with Crippen LogP contribution in [0.5, 0.6) is 5.88 Å². The van der Waals surface area contributed by atoms with E-state index in [2.05, 4.69) is 15.4 Å². The van der Waals surface area contributed by atoms with E-state index in [9.17, 15) is 22.4 Å². The Kier molecular flexibility index (Phi) is 5.30. The number of anilines is 1. The van der Waals surface area contributed by atoms with E-state index in [-0.39, 0.29) is 17.4 Å². The highest BCUT2D eigenvalue weighted by Crippen LogP contribution is 2.34. The van der Waals surface area contributed by atoms with E-state index in [4.69, 9.17) is 4.74 Å². The van der Waals surface area contributed by atoms with Gasteiger partial charge in [-0.25, -0.2) is 9.07 Å². The van der Waals surface area contributed by atoms with Crippen molar-refractivity contribution in [1.82, 2.24) is 14.8 Å². The summed E-state index contributed by atoms with van der Waals surface area (Å²) >= 11 is 0. The number of ether oxygens (including phenoxy) is 1. The number of hydrogen-bond acceptors (Lipinski definition) is 4. The van der Waals surface area contributed by atoms with Gasteiger partial charge < -0.3 is 10.1 Å². The summed E-state index contributed by atoms with van der Waals surface area (Å²) < 4.78 is 59.7. The number of hydrogen-bond donors (Lipinski definition) is 1. The van der Waals surface area contributed by atoms with Gasteiger partial charge in [0.15, 0.2) is 5.69 Å². The Hall–Kier alpha value is -3.43. The van der Waals surface area contributed by atoms with Crippen molar-refractivity contribution in [2.45, 2.75) is 13.1 Å². The molecule has 3 rings (SSSR count). The number of alkyl halides is 3. The van der Waals surface area contributed by atoms with Gasteiger partial charge in [-0.3, -0.25) is 4.79 Å². The van der Waals surface area contributed by atoms with Crippen molar-refractivity contribution in [2.75, 3.05) is 11.9 Å². The van der Waals surface area contributed by atoms with Crippen molar-refractivity contribution in [3.05, 3.63) is 65.7 Å². The number of carbonyl (C=O) groups is 1. The Morgan fingerprint density at radius 3 is 2.54 bits per heavy atom. The Morgan fingerprint density at radius 1 is 1.18 bits per heavy atom. The smallest absolute Gasteiger partial charge is 0.434 e. The summed E-state index contributed by atoms with van der Waals surface area (Å²) in [6.07, 6.45) is -4.08. The molecule has 146 valence electrons. The van der Waals surface area contributed by atoms with E-state index in [1.54, 1.807) is 19.1 Å². The maximum Gasteiger partial charge on any atom is 0.434 e. The molecule has 0 aliphatic rings. The van der Waals surface area contributed by atoms with Crippen LogP contribution in [0.15, 0.2) is 48.7 Å². The fraction of sp³-hybridized carbons (Fsp3) is 0.167. The first-order chi connectivity index (χ1) is 13.3. The monoisotopic (exact) mass is 394 g/mol. The first-order valence-corrected chi connectivity index (χ1v) is 8.12. The first-order valence-electron chi connectivity index (χ1n) is 8.12. The van der Waals surface area contributed by atoms with E-state index in [0.29, 0.717) is 11.3 Å². The fourth-order valence-electron chi connectivity index (χ4n) is 2.46. The molecule has 28 heavy (non-hydrogen) atoms. The van der Waals surface area contributed by atoms with Crippen molar-refractivity contribution in [3.8, 4) is 11.6 Å². The summed E-state index contributed by atoms with van der Waals surface area (Å²) in [5.41, 5.74) is -2.01. The number of halogens is 4. The quantitative estimate of drug-likeness (QED) is 0.663. The van der Waals surface area contributed by atoms with Gasteiger partial charge in [0.25, 0.3) is 5.91 Å². The Bertz CT molecular complexity index is 984. The zero-order valence-electron chi connectivity index (χ0n) is 14.5. The van der Waals surface area contributed by atoms with Gasteiger partial charge in [-0.05, 0) is 37.3 Å². The van der Waals surface area contributed by atoms with E-state index < -0.39 is 29.2 Å². The van der Waals surface area contributed by atoms with Gasteiger partial charge in [0.2, 0.25) is 5.88 Å². The zero-order chi connectivity index (χ0) is 20.3. The van der Waals surface area contributed by atoms with Crippen LogP contribution in [-0.2, 0) is 6.18 Å². The summed E-state index contributed by atoms with van der Waals surface area (Å²) in [5.74, 6) is -1.40. The third-order valence-corrected chi connectivity index (χ3v) is 3.61. The van der Waals surface area contributed by atoms with Gasteiger partial charge in [-0.2, -0.15) is 23.3 Å². The lowest BCUT2D eigenvalue weighted by Crippen LogP contribution is -2.21. The molecule has 0 unspecified atom stereocenters. The Morgan fingerprint density at radius 2 is 1.89 bits per heavy atom. The molecule has 0 radical (unpaired) electrons. The van der Waals surface area contributed by atoms with E-state index in [0.717, 1.165) is 30.5 Å². The lowest BCUT2D eigenvalue weighted by molar-refractivity contribution is -0.143. The maximum absolute atomic E-state index is 13.6. The van der Waals surface area contributed by atoms with E-state index >= 15 is 0 Å². The minimum atomic E-state index is -4.88. The van der Waals surface area contributed by atoms with Crippen LogP contribution in [0, 0.1) is 5.82 Å². The van der Waals surface area contributed by atoms with Crippen LogP contribution in [0.3, 0.4) is 0 Å². The van der Waals surface area contributed by atoms with Gasteiger partial charge in [-0.1, -0.05) is 6.07 Å². The Balaban J connectivity index is 1.96. The number of nitrogens with zero attached hydrogens (tertiary/aromatic N) is 3. The molecule has 0 saturated carbocycles. The molecule has 0 bridgehead atoms. The topological polar surface area (TPSA) is 69.0 Å². The van der Waals surface area contributed by atoms with Crippen molar-refractivity contribution in [2.24, 2.45) is 0 Å². The summed E-state index contributed by atoms with van der Waals surface area (Å²) in [4.78, 5) is 16.4. The third-order valence-electron chi connectivity index (χ3n) is 3.61. The predicted octanol–water partition coefficient (Wildman–Crippen LogP) is 4.08. The number of amides is 1. The molecular formula is C18H14F4N4O2. The third kappa shape index (κ3) is 4.11. The molecule has 0 atom stereocenters. The number of pyridine rings is 1. The first kappa shape index (κ1) is 19.3. The molecule has 10 heteroatoms. The molecule has 2 aromatic heterocycles. The fourth-order valence-corrected chi connectivity index (χ4v) is 2.46. The van der Waals surface area contributed by atoms with Crippen LogP contribution in [0.25, 0.3) is 5.69 Å². The molecule has 0 spiro atoms. The van der Waals surface area contributed by atoms with Crippen molar-refractivity contribution < 1.29 is 27.1 Å². The second-order valence-electron chi connectivity index (χ2n) is 5.54.